The van der Waals surface area contributed by atoms with Crippen LogP contribution in [0.4, 0.5) is 0 Å². The van der Waals surface area contributed by atoms with E-state index in [0.29, 0.717) is 36.0 Å². The first-order valence-corrected chi connectivity index (χ1v) is 18.4. The number of hydrogen-bond donors (Lipinski definition) is 1. The number of allylic oxidation sites excluding steroid dienone is 4. The molecule has 0 heterocycles. The zero-order chi connectivity index (χ0) is 32.6. The van der Waals surface area contributed by atoms with Crippen LogP contribution in [0, 0.1) is 35.5 Å². The summed E-state index contributed by atoms with van der Waals surface area (Å²) >= 11 is 0. The van der Waals surface area contributed by atoms with E-state index in [1.165, 1.54) is 36.0 Å². The Bertz CT molecular complexity index is 1730. The third kappa shape index (κ3) is 9.24. The molecule has 6 unspecified atom stereocenters. The van der Waals surface area contributed by atoms with Crippen LogP contribution in [0.2, 0.25) is 0 Å². The lowest BCUT2D eigenvalue weighted by molar-refractivity contribution is 0.228. The molecule has 244 valence electrons. The second kappa shape index (κ2) is 15.2. The predicted molar refractivity (Wildman–Crippen MR) is 189 cm³/mol. The van der Waals surface area contributed by atoms with Crippen molar-refractivity contribution < 1.29 is 22.4 Å². The van der Waals surface area contributed by atoms with Gasteiger partial charge in [-0.3, -0.25) is 4.18 Å². The van der Waals surface area contributed by atoms with Gasteiger partial charge in [-0.1, -0.05) is 109 Å². The molecule has 4 aromatic rings. The Morgan fingerprint density at radius 2 is 1.02 bits per heavy atom. The van der Waals surface area contributed by atoms with Gasteiger partial charge in [-0.25, -0.2) is 0 Å². The molecule has 2 fully saturated rings. The standard InChI is InChI=1S/C20H20O.C12H10O.C9H14O3S/c1-2-4-16(5-3-1)17-8-10-20(11-9-17)21-14-19-13-15-6-7-18(19)12-15;13-12-8-6-11(7-9-12)10-4-2-1-3-5-10;1-13(10,11)12-6-9-5-7-2-3-8(9)4-7/h1-11,15,18-19H,12-14H2;1-9,13H;2-3,7-9H,4-6H2,1H3. The Kier molecular flexibility index (Phi) is 10.6. The summed E-state index contributed by atoms with van der Waals surface area (Å²) in [5, 5.41) is 9.10. The molecular weight excluding hydrogens is 605 g/mol. The van der Waals surface area contributed by atoms with Crippen molar-refractivity contribution >= 4 is 10.1 Å². The molecule has 0 amide bonds. The first-order chi connectivity index (χ1) is 22.8. The van der Waals surface area contributed by atoms with Crippen LogP contribution < -0.4 is 4.74 Å². The molecule has 4 aliphatic carbocycles. The highest BCUT2D eigenvalue weighted by Crippen LogP contribution is 2.44. The van der Waals surface area contributed by atoms with Gasteiger partial charge in [-0.15, -0.1) is 0 Å². The van der Waals surface area contributed by atoms with E-state index in [1.54, 1.807) is 12.1 Å². The fraction of sp³-hybridized carbons (Fsp3) is 0.317. The van der Waals surface area contributed by atoms with Crippen LogP contribution in [0.25, 0.3) is 22.3 Å². The van der Waals surface area contributed by atoms with Crippen molar-refractivity contribution in [1.82, 2.24) is 0 Å². The average Bonchev–Trinajstić information content (AvgIpc) is 3.92. The lowest BCUT2D eigenvalue weighted by Crippen LogP contribution is -2.17. The second-order valence-corrected chi connectivity index (χ2v) is 14.8. The smallest absolute Gasteiger partial charge is 0.264 e. The maximum Gasteiger partial charge on any atom is 0.264 e. The maximum absolute atomic E-state index is 10.8. The largest absolute Gasteiger partial charge is 0.508 e. The monoisotopic (exact) mass is 648 g/mol. The lowest BCUT2D eigenvalue weighted by Gasteiger charge is -2.18. The molecule has 6 heteroatoms. The molecule has 2 saturated carbocycles. The van der Waals surface area contributed by atoms with Crippen LogP contribution in [0.5, 0.6) is 11.5 Å². The van der Waals surface area contributed by atoms with E-state index in [1.807, 2.05) is 48.5 Å². The van der Waals surface area contributed by atoms with E-state index in [-0.39, 0.29) is 0 Å². The molecule has 0 radical (unpaired) electrons. The summed E-state index contributed by atoms with van der Waals surface area (Å²) in [7, 11) is -3.25. The Morgan fingerprint density at radius 3 is 1.45 bits per heavy atom. The third-order valence-corrected chi connectivity index (χ3v) is 10.3. The van der Waals surface area contributed by atoms with E-state index < -0.39 is 10.1 Å². The van der Waals surface area contributed by atoms with Crippen molar-refractivity contribution in [3.63, 3.8) is 0 Å². The molecule has 0 aromatic heterocycles. The zero-order valence-corrected chi connectivity index (χ0v) is 27.7. The van der Waals surface area contributed by atoms with Crippen molar-refractivity contribution in [2.75, 3.05) is 19.5 Å². The number of rotatable bonds is 8. The molecule has 1 N–H and O–H groups in total. The van der Waals surface area contributed by atoms with Crippen molar-refractivity contribution in [3.05, 3.63) is 133 Å². The quantitative estimate of drug-likeness (QED) is 0.152. The molecule has 4 aliphatic rings. The fourth-order valence-electron chi connectivity index (χ4n) is 7.25. The topological polar surface area (TPSA) is 72.8 Å². The molecular formula is C41H44O5S. The highest BCUT2D eigenvalue weighted by atomic mass is 32.2. The van der Waals surface area contributed by atoms with Gasteiger partial charge in [0.15, 0.2) is 0 Å². The van der Waals surface area contributed by atoms with Gasteiger partial charge in [-0.05, 0) is 108 Å². The Balaban J connectivity index is 0.000000130. The third-order valence-electron chi connectivity index (χ3n) is 9.73. The maximum atomic E-state index is 10.8. The normalized spacial score (nSPS) is 24.7. The molecule has 4 bridgehead atoms. The SMILES string of the molecule is C1=CC2CC1CC2COc1ccc(-c2ccccc2)cc1.CS(=O)(=O)OCC1CC2C=CC1C2.Oc1ccc(-c2ccccc2)cc1. The van der Waals surface area contributed by atoms with Gasteiger partial charge >= 0.3 is 0 Å². The minimum Gasteiger partial charge on any atom is -0.508 e. The molecule has 47 heavy (non-hydrogen) atoms. The zero-order valence-electron chi connectivity index (χ0n) is 26.9. The van der Waals surface area contributed by atoms with Gasteiger partial charge in [0, 0.05) is 0 Å². The Labute approximate surface area is 279 Å². The summed E-state index contributed by atoms with van der Waals surface area (Å²) in [4.78, 5) is 0. The van der Waals surface area contributed by atoms with E-state index in [9.17, 15) is 8.42 Å². The number of hydrogen-bond acceptors (Lipinski definition) is 5. The first-order valence-electron chi connectivity index (χ1n) is 16.6. The lowest BCUT2D eigenvalue weighted by atomic mass is 9.95. The van der Waals surface area contributed by atoms with Crippen molar-refractivity contribution in [1.29, 1.82) is 0 Å². The summed E-state index contributed by atoms with van der Waals surface area (Å²) in [6.45, 7) is 1.22. The molecule has 0 spiro atoms. The number of fused-ring (bicyclic) bond motifs is 4. The van der Waals surface area contributed by atoms with Crippen LogP contribution in [-0.4, -0.2) is 33.0 Å². The van der Waals surface area contributed by atoms with E-state index in [0.717, 1.165) is 42.4 Å². The van der Waals surface area contributed by atoms with Crippen LogP contribution >= 0.6 is 0 Å². The molecule has 6 atom stereocenters. The number of phenols is 1. The van der Waals surface area contributed by atoms with E-state index in [2.05, 4.69) is 72.8 Å². The molecule has 5 nitrogen and oxygen atoms in total. The summed E-state index contributed by atoms with van der Waals surface area (Å²) in [5.41, 5.74) is 4.79. The molecule has 4 aromatic carbocycles. The highest BCUT2D eigenvalue weighted by molar-refractivity contribution is 7.85. The summed E-state index contributed by atoms with van der Waals surface area (Å²) in [6.07, 6.45) is 15.3. The van der Waals surface area contributed by atoms with Crippen LogP contribution in [-0.2, 0) is 14.3 Å². The number of phenolic OH excluding ortho intramolecular Hbond substituents is 1. The van der Waals surface area contributed by atoms with Gasteiger partial charge in [-0.2, -0.15) is 8.42 Å². The Hall–Kier alpha value is -4.13. The predicted octanol–water partition coefficient (Wildman–Crippen LogP) is 9.18. The second-order valence-electron chi connectivity index (χ2n) is 13.2. The van der Waals surface area contributed by atoms with Gasteiger partial charge < -0.3 is 9.84 Å². The summed E-state index contributed by atoms with van der Waals surface area (Å²) in [5.74, 6) is 5.26. The number of benzene rings is 4. The number of ether oxygens (including phenoxy) is 1. The molecule has 8 rings (SSSR count). The first kappa shape index (κ1) is 32.8. The van der Waals surface area contributed by atoms with Crippen LogP contribution in [0.3, 0.4) is 0 Å². The average molecular weight is 649 g/mol. The molecule has 0 aliphatic heterocycles. The van der Waals surface area contributed by atoms with Crippen LogP contribution in [0.15, 0.2) is 133 Å². The summed E-state index contributed by atoms with van der Waals surface area (Å²) in [6, 6.07) is 36.2. The number of aromatic hydroxyl groups is 1. The van der Waals surface area contributed by atoms with E-state index >= 15 is 0 Å². The fourth-order valence-corrected chi connectivity index (χ4v) is 7.67. The molecule has 0 saturated heterocycles. The Morgan fingerprint density at radius 1 is 0.574 bits per heavy atom. The highest BCUT2D eigenvalue weighted by Gasteiger charge is 2.36. The van der Waals surface area contributed by atoms with Gasteiger partial charge in [0.05, 0.1) is 19.5 Å². The van der Waals surface area contributed by atoms with Crippen molar-refractivity contribution in [2.45, 2.75) is 25.7 Å². The van der Waals surface area contributed by atoms with Crippen LogP contribution in [0.1, 0.15) is 25.7 Å². The van der Waals surface area contributed by atoms with Crippen molar-refractivity contribution in [3.8, 4) is 33.8 Å². The van der Waals surface area contributed by atoms with Gasteiger partial charge in [0.1, 0.15) is 11.5 Å². The van der Waals surface area contributed by atoms with Gasteiger partial charge in [0.25, 0.3) is 10.1 Å². The minimum absolute atomic E-state index is 0.305. The summed E-state index contributed by atoms with van der Waals surface area (Å²) < 4.78 is 32.3. The van der Waals surface area contributed by atoms with E-state index in [4.69, 9.17) is 14.0 Å². The van der Waals surface area contributed by atoms with Gasteiger partial charge in [0.2, 0.25) is 0 Å². The van der Waals surface area contributed by atoms with Crippen molar-refractivity contribution in [2.24, 2.45) is 35.5 Å². The minimum atomic E-state index is -3.25.